The van der Waals surface area contributed by atoms with Crippen LogP contribution in [-0.4, -0.2) is 17.5 Å². The molecule has 1 heterocycles. The summed E-state index contributed by atoms with van der Waals surface area (Å²) in [6.45, 7) is 2.25. The molecule has 1 nitrogen and oxygen atoms in total. The smallest absolute Gasteiger partial charge is 0.0393 e. The van der Waals surface area contributed by atoms with E-state index in [1.807, 2.05) is 0 Å². The molecule has 1 aliphatic heterocycles. The molecule has 0 aromatic carbocycles. The maximum absolute atomic E-state index is 6.35. The molecular weight excluding hydrogens is 170 g/mol. The molecule has 12 heavy (non-hydrogen) atoms. The molecule has 0 spiro atoms. The van der Waals surface area contributed by atoms with Gasteiger partial charge in [-0.2, -0.15) is 0 Å². The predicted octanol–water partition coefficient (Wildman–Crippen LogP) is 2.53. The summed E-state index contributed by atoms with van der Waals surface area (Å²) in [6.07, 6.45) is 6.63. The largest absolute Gasteiger partial charge is 0.311 e. The summed E-state index contributed by atoms with van der Waals surface area (Å²) in [5.74, 6) is 0.761. The molecule has 1 saturated heterocycles. The lowest BCUT2D eigenvalue weighted by Crippen LogP contribution is -2.52. The van der Waals surface area contributed by atoms with Crippen molar-refractivity contribution in [2.75, 3.05) is 0 Å². The maximum atomic E-state index is 6.35. The van der Waals surface area contributed by atoms with Crippen LogP contribution in [0.5, 0.6) is 0 Å². The number of rotatable bonds is 0. The molecule has 4 atom stereocenters. The Bertz CT molecular complexity index is 160. The van der Waals surface area contributed by atoms with Crippen LogP contribution in [0.2, 0.25) is 0 Å². The fourth-order valence-electron chi connectivity index (χ4n) is 2.75. The van der Waals surface area contributed by atoms with Gasteiger partial charge in [0.05, 0.1) is 0 Å². The molecule has 0 amide bonds. The molecule has 2 unspecified atom stereocenters. The minimum Gasteiger partial charge on any atom is -0.311 e. The van der Waals surface area contributed by atoms with E-state index in [0.717, 1.165) is 18.4 Å². The fraction of sp³-hybridized carbons (Fsp3) is 1.00. The van der Waals surface area contributed by atoms with Crippen LogP contribution in [0.25, 0.3) is 0 Å². The minimum absolute atomic E-state index is 0.437. The van der Waals surface area contributed by atoms with Crippen molar-refractivity contribution in [3.63, 3.8) is 0 Å². The van der Waals surface area contributed by atoms with Gasteiger partial charge in [0.2, 0.25) is 0 Å². The summed E-state index contributed by atoms with van der Waals surface area (Å²) in [7, 11) is 0. The third-order valence-electron chi connectivity index (χ3n) is 3.36. The minimum atomic E-state index is 0.437. The van der Waals surface area contributed by atoms with Crippen molar-refractivity contribution in [2.45, 2.75) is 56.5 Å². The molecule has 0 bridgehead atoms. The average molecular weight is 188 g/mol. The van der Waals surface area contributed by atoms with Gasteiger partial charge in [0, 0.05) is 17.5 Å². The summed E-state index contributed by atoms with van der Waals surface area (Å²) < 4.78 is 0. The van der Waals surface area contributed by atoms with E-state index in [-0.39, 0.29) is 0 Å². The van der Waals surface area contributed by atoms with Crippen molar-refractivity contribution in [3.8, 4) is 0 Å². The van der Waals surface area contributed by atoms with Gasteiger partial charge >= 0.3 is 0 Å². The van der Waals surface area contributed by atoms with Crippen molar-refractivity contribution in [1.82, 2.24) is 5.32 Å². The third kappa shape index (κ3) is 1.62. The van der Waals surface area contributed by atoms with Crippen molar-refractivity contribution in [3.05, 3.63) is 0 Å². The maximum Gasteiger partial charge on any atom is 0.0393 e. The lowest BCUT2D eigenvalue weighted by Gasteiger charge is -2.42. The lowest BCUT2D eigenvalue weighted by molar-refractivity contribution is 0.187. The van der Waals surface area contributed by atoms with Crippen molar-refractivity contribution in [2.24, 2.45) is 5.92 Å². The van der Waals surface area contributed by atoms with E-state index in [1.165, 1.54) is 25.7 Å². The van der Waals surface area contributed by atoms with Gasteiger partial charge in [-0.15, -0.1) is 11.6 Å². The van der Waals surface area contributed by atoms with Crippen LogP contribution in [0.3, 0.4) is 0 Å². The van der Waals surface area contributed by atoms with E-state index in [4.69, 9.17) is 11.6 Å². The van der Waals surface area contributed by atoms with Gasteiger partial charge in [-0.1, -0.05) is 12.8 Å². The summed E-state index contributed by atoms with van der Waals surface area (Å²) in [6, 6.07) is 1.36. The SMILES string of the molecule is C[C@H]1C[C@H](Cl)C2CCCCC2N1. The van der Waals surface area contributed by atoms with Crippen molar-refractivity contribution >= 4 is 11.6 Å². The highest BCUT2D eigenvalue weighted by atomic mass is 35.5. The van der Waals surface area contributed by atoms with E-state index in [1.54, 1.807) is 0 Å². The standard InChI is InChI=1S/C10H18ClN/c1-7-6-9(11)8-4-2-3-5-10(8)12-7/h7-10,12H,2-6H2,1H3/t7-,8?,9-,10?/m0/s1. The Morgan fingerprint density at radius 2 is 2.00 bits per heavy atom. The summed E-state index contributed by atoms with van der Waals surface area (Å²) >= 11 is 6.35. The van der Waals surface area contributed by atoms with Crippen molar-refractivity contribution in [1.29, 1.82) is 0 Å². The zero-order valence-corrected chi connectivity index (χ0v) is 8.48. The molecule has 2 rings (SSSR count). The number of alkyl halides is 1. The van der Waals surface area contributed by atoms with E-state index < -0.39 is 0 Å². The van der Waals surface area contributed by atoms with E-state index in [2.05, 4.69) is 12.2 Å². The van der Waals surface area contributed by atoms with Gasteiger partial charge in [0.1, 0.15) is 0 Å². The number of fused-ring (bicyclic) bond motifs is 1. The predicted molar refractivity (Wildman–Crippen MR) is 52.6 cm³/mol. The topological polar surface area (TPSA) is 12.0 Å². The molecule has 1 N–H and O–H groups in total. The zero-order valence-electron chi connectivity index (χ0n) is 7.72. The quantitative estimate of drug-likeness (QED) is 0.575. The zero-order chi connectivity index (χ0) is 8.55. The second-order valence-electron chi connectivity index (χ2n) is 4.37. The van der Waals surface area contributed by atoms with E-state index in [9.17, 15) is 0 Å². The second kappa shape index (κ2) is 3.55. The molecule has 1 saturated carbocycles. The van der Waals surface area contributed by atoms with Crippen LogP contribution in [0, 0.1) is 5.92 Å². The number of piperidine rings is 1. The summed E-state index contributed by atoms with van der Waals surface area (Å²) in [5.41, 5.74) is 0. The van der Waals surface area contributed by atoms with Crippen LogP contribution in [0.1, 0.15) is 39.0 Å². The van der Waals surface area contributed by atoms with Gasteiger partial charge in [-0.25, -0.2) is 0 Å². The molecule has 2 aliphatic rings. The van der Waals surface area contributed by atoms with Gasteiger partial charge in [-0.3, -0.25) is 0 Å². The average Bonchev–Trinajstić information content (AvgIpc) is 2.04. The summed E-state index contributed by atoms with van der Waals surface area (Å²) in [4.78, 5) is 0. The molecular formula is C10H18ClN. The second-order valence-corrected chi connectivity index (χ2v) is 4.93. The number of hydrogen-bond acceptors (Lipinski definition) is 1. The molecule has 2 fully saturated rings. The Kier molecular flexibility index (Phi) is 2.61. The number of hydrogen-bond donors (Lipinski definition) is 1. The Balaban J connectivity index is 2.01. The highest BCUT2D eigenvalue weighted by Gasteiger charge is 2.35. The van der Waals surface area contributed by atoms with Crippen molar-refractivity contribution < 1.29 is 0 Å². The van der Waals surface area contributed by atoms with Crippen LogP contribution in [-0.2, 0) is 0 Å². The molecule has 2 heteroatoms. The first kappa shape index (κ1) is 8.83. The van der Waals surface area contributed by atoms with Crippen LogP contribution >= 0.6 is 11.6 Å². The highest BCUT2D eigenvalue weighted by molar-refractivity contribution is 6.20. The molecule has 70 valence electrons. The normalized spacial score (nSPS) is 48.5. The van der Waals surface area contributed by atoms with Gasteiger partial charge < -0.3 is 5.32 Å². The first-order chi connectivity index (χ1) is 5.77. The van der Waals surface area contributed by atoms with Gasteiger partial charge in [0.25, 0.3) is 0 Å². The van der Waals surface area contributed by atoms with Gasteiger partial charge in [0.15, 0.2) is 0 Å². The Morgan fingerprint density at radius 3 is 2.83 bits per heavy atom. The molecule has 0 aromatic heterocycles. The van der Waals surface area contributed by atoms with Gasteiger partial charge in [-0.05, 0) is 32.1 Å². The highest BCUT2D eigenvalue weighted by Crippen LogP contribution is 2.35. The first-order valence-electron chi connectivity index (χ1n) is 5.17. The van der Waals surface area contributed by atoms with E-state index >= 15 is 0 Å². The van der Waals surface area contributed by atoms with Crippen LogP contribution in [0.15, 0.2) is 0 Å². The number of halogens is 1. The van der Waals surface area contributed by atoms with Crippen LogP contribution in [0.4, 0.5) is 0 Å². The Morgan fingerprint density at radius 1 is 1.25 bits per heavy atom. The number of nitrogens with one attached hydrogen (secondary N) is 1. The molecule has 1 aliphatic carbocycles. The molecule has 0 aromatic rings. The lowest BCUT2D eigenvalue weighted by atomic mass is 9.77. The summed E-state index contributed by atoms with van der Waals surface area (Å²) in [5, 5.41) is 4.10. The Labute approximate surface area is 79.9 Å². The monoisotopic (exact) mass is 187 g/mol. The fourth-order valence-corrected chi connectivity index (χ4v) is 3.31. The Hall–Kier alpha value is 0.250. The first-order valence-corrected chi connectivity index (χ1v) is 5.61. The van der Waals surface area contributed by atoms with Crippen LogP contribution < -0.4 is 5.32 Å². The molecule has 0 radical (unpaired) electrons. The van der Waals surface area contributed by atoms with E-state index in [0.29, 0.717) is 11.4 Å². The third-order valence-corrected chi connectivity index (χ3v) is 3.86.